The maximum Gasteiger partial charge on any atom is 0.337 e. The van der Waals surface area contributed by atoms with Gasteiger partial charge in [-0.2, -0.15) is 0 Å². The van der Waals surface area contributed by atoms with Crippen LogP contribution in [0.15, 0.2) is 18.2 Å². The summed E-state index contributed by atoms with van der Waals surface area (Å²) in [6, 6.07) is 5.00. The van der Waals surface area contributed by atoms with Crippen molar-refractivity contribution in [2.24, 2.45) is 0 Å². The van der Waals surface area contributed by atoms with Gasteiger partial charge in [-0.15, -0.1) is 0 Å². The van der Waals surface area contributed by atoms with Crippen molar-refractivity contribution >= 4 is 17.0 Å². The van der Waals surface area contributed by atoms with Crippen LogP contribution in [0, 0.1) is 0 Å². The predicted octanol–water partition coefficient (Wildman–Crippen LogP) is 1.41. The maximum absolute atomic E-state index is 10.9. The lowest BCUT2D eigenvalue weighted by Crippen LogP contribution is -1.97. The van der Waals surface area contributed by atoms with E-state index in [1.807, 2.05) is 0 Å². The first-order chi connectivity index (χ1) is 7.22. The molecule has 5 nitrogen and oxygen atoms in total. The third-order valence-electron chi connectivity index (χ3n) is 2.07. The van der Waals surface area contributed by atoms with Gasteiger partial charge in [0.2, 0.25) is 0 Å². The van der Waals surface area contributed by atoms with Crippen LogP contribution in [0.25, 0.3) is 11.0 Å². The van der Waals surface area contributed by atoms with Gasteiger partial charge in [-0.25, -0.2) is 9.78 Å². The molecule has 0 fully saturated rings. The lowest BCUT2D eigenvalue weighted by Gasteiger charge is -1.93. The normalized spacial score (nSPS) is 10.7. The average Bonchev–Trinajstić information content (AvgIpc) is 2.59. The number of nitrogens with one attached hydrogen (secondary N) is 1. The van der Waals surface area contributed by atoms with Gasteiger partial charge in [0.15, 0.2) is 0 Å². The van der Waals surface area contributed by atoms with Gasteiger partial charge in [-0.05, 0) is 12.1 Å². The SMILES string of the molecule is COCc1nc2c(C(=O)O)cccc2[nH]1. The molecule has 1 heterocycles. The van der Waals surface area contributed by atoms with Crippen molar-refractivity contribution in [3.63, 3.8) is 0 Å². The fourth-order valence-electron chi connectivity index (χ4n) is 1.46. The first-order valence-electron chi connectivity index (χ1n) is 4.42. The molecule has 2 rings (SSSR count). The smallest absolute Gasteiger partial charge is 0.337 e. The first kappa shape index (κ1) is 9.67. The minimum atomic E-state index is -0.976. The highest BCUT2D eigenvalue weighted by atomic mass is 16.5. The number of hydrogen-bond donors (Lipinski definition) is 2. The van der Waals surface area contributed by atoms with Gasteiger partial charge in [0, 0.05) is 7.11 Å². The molecule has 0 amide bonds. The highest BCUT2D eigenvalue weighted by Gasteiger charge is 2.11. The Labute approximate surface area is 85.7 Å². The largest absolute Gasteiger partial charge is 0.478 e. The fourth-order valence-corrected chi connectivity index (χ4v) is 1.46. The predicted molar refractivity (Wildman–Crippen MR) is 53.8 cm³/mol. The van der Waals surface area contributed by atoms with E-state index in [1.54, 1.807) is 19.2 Å². The van der Waals surface area contributed by atoms with Crippen molar-refractivity contribution in [3.05, 3.63) is 29.6 Å². The van der Waals surface area contributed by atoms with Crippen LogP contribution in [-0.2, 0) is 11.3 Å². The number of methoxy groups -OCH3 is 1. The van der Waals surface area contributed by atoms with E-state index in [0.29, 0.717) is 23.5 Å². The molecule has 0 bridgehead atoms. The van der Waals surface area contributed by atoms with Gasteiger partial charge in [0.05, 0.1) is 11.1 Å². The number of imidazole rings is 1. The Morgan fingerprint density at radius 3 is 3.07 bits per heavy atom. The molecule has 0 radical (unpaired) electrons. The quantitative estimate of drug-likeness (QED) is 0.796. The van der Waals surface area contributed by atoms with E-state index < -0.39 is 5.97 Å². The third-order valence-corrected chi connectivity index (χ3v) is 2.07. The number of benzene rings is 1. The van der Waals surface area contributed by atoms with Gasteiger partial charge < -0.3 is 14.8 Å². The molecule has 5 heteroatoms. The molecule has 78 valence electrons. The van der Waals surface area contributed by atoms with E-state index in [-0.39, 0.29) is 5.56 Å². The highest BCUT2D eigenvalue weighted by Crippen LogP contribution is 2.16. The second-order valence-electron chi connectivity index (χ2n) is 3.12. The summed E-state index contributed by atoms with van der Waals surface area (Å²) in [5.74, 6) is -0.350. The lowest BCUT2D eigenvalue weighted by atomic mass is 10.2. The van der Waals surface area contributed by atoms with Crippen molar-refractivity contribution in [3.8, 4) is 0 Å². The second kappa shape index (κ2) is 3.70. The van der Waals surface area contributed by atoms with Crippen LogP contribution in [0.5, 0.6) is 0 Å². The molecular formula is C10H10N2O3. The summed E-state index contributed by atoms with van der Waals surface area (Å²) in [4.78, 5) is 18.1. The number of aromatic carboxylic acids is 1. The van der Waals surface area contributed by atoms with Gasteiger partial charge in [0.25, 0.3) is 0 Å². The van der Waals surface area contributed by atoms with Crippen LogP contribution in [0.2, 0.25) is 0 Å². The molecule has 2 aromatic rings. The van der Waals surface area contributed by atoms with Gasteiger partial charge in [0.1, 0.15) is 17.9 Å². The Balaban J connectivity index is 2.59. The Kier molecular flexibility index (Phi) is 2.39. The molecule has 0 saturated carbocycles. The molecule has 15 heavy (non-hydrogen) atoms. The third kappa shape index (κ3) is 1.69. The Bertz CT molecular complexity index is 504. The van der Waals surface area contributed by atoms with Crippen LogP contribution in [0.4, 0.5) is 0 Å². The minimum absolute atomic E-state index is 0.200. The molecule has 0 unspecified atom stereocenters. The van der Waals surface area contributed by atoms with Crippen LogP contribution < -0.4 is 0 Å². The molecule has 1 aromatic heterocycles. The number of aromatic amines is 1. The minimum Gasteiger partial charge on any atom is -0.478 e. The van der Waals surface area contributed by atoms with Gasteiger partial charge in [-0.1, -0.05) is 6.07 Å². The zero-order valence-corrected chi connectivity index (χ0v) is 8.15. The number of carboxylic acids is 1. The van der Waals surface area contributed by atoms with Crippen molar-refractivity contribution in [1.29, 1.82) is 0 Å². The number of aromatic nitrogens is 2. The molecule has 0 aliphatic heterocycles. The summed E-state index contributed by atoms with van der Waals surface area (Å²) in [7, 11) is 1.56. The summed E-state index contributed by atoms with van der Waals surface area (Å²) in [6.07, 6.45) is 0. The van der Waals surface area contributed by atoms with Crippen LogP contribution >= 0.6 is 0 Å². The summed E-state index contributed by atoms with van der Waals surface area (Å²) in [5.41, 5.74) is 1.38. The van der Waals surface area contributed by atoms with E-state index in [2.05, 4.69) is 9.97 Å². The molecule has 2 N–H and O–H groups in total. The van der Waals surface area contributed by atoms with Crippen LogP contribution in [0.1, 0.15) is 16.2 Å². The van der Waals surface area contributed by atoms with Crippen molar-refractivity contribution in [1.82, 2.24) is 9.97 Å². The fraction of sp³-hybridized carbons (Fsp3) is 0.200. The number of rotatable bonds is 3. The summed E-state index contributed by atoms with van der Waals surface area (Å²) >= 11 is 0. The Morgan fingerprint density at radius 2 is 2.40 bits per heavy atom. The highest BCUT2D eigenvalue weighted by molar-refractivity contribution is 6.00. The number of H-pyrrole nitrogens is 1. The van der Waals surface area contributed by atoms with E-state index in [9.17, 15) is 4.79 Å². The Hall–Kier alpha value is -1.88. The van der Waals surface area contributed by atoms with Crippen molar-refractivity contribution in [2.45, 2.75) is 6.61 Å². The molecule has 0 aliphatic carbocycles. The molecular weight excluding hydrogens is 196 g/mol. The van der Waals surface area contributed by atoms with E-state index in [1.165, 1.54) is 6.07 Å². The molecule has 0 saturated heterocycles. The summed E-state index contributed by atoms with van der Waals surface area (Å²) in [6.45, 7) is 0.341. The molecule has 0 spiro atoms. The summed E-state index contributed by atoms with van der Waals surface area (Å²) < 4.78 is 4.92. The van der Waals surface area contributed by atoms with E-state index in [0.717, 1.165) is 0 Å². The van der Waals surface area contributed by atoms with Crippen LogP contribution in [-0.4, -0.2) is 28.2 Å². The van der Waals surface area contributed by atoms with Gasteiger partial charge >= 0.3 is 5.97 Å². The first-order valence-corrected chi connectivity index (χ1v) is 4.42. The van der Waals surface area contributed by atoms with E-state index in [4.69, 9.17) is 9.84 Å². The zero-order chi connectivity index (χ0) is 10.8. The van der Waals surface area contributed by atoms with Gasteiger partial charge in [-0.3, -0.25) is 0 Å². The number of para-hydroxylation sites is 1. The number of nitrogens with zero attached hydrogens (tertiary/aromatic N) is 1. The van der Waals surface area contributed by atoms with Crippen molar-refractivity contribution < 1.29 is 14.6 Å². The molecule has 1 aromatic carbocycles. The standard InChI is InChI=1S/C10H10N2O3/c1-15-5-8-11-7-4-2-3-6(10(13)14)9(7)12-8/h2-4H,5H2,1H3,(H,11,12)(H,13,14). The average molecular weight is 206 g/mol. The number of carboxylic acid groups (broad SMARTS) is 1. The van der Waals surface area contributed by atoms with E-state index >= 15 is 0 Å². The monoisotopic (exact) mass is 206 g/mol. The number of carbonyl (C=O) groups is 1. The molecule has 0 atom stereocenters. The number of fused-ring (bicyclic) bond motifs is 1. The topological polar surface area (TPSA) is 75.2 Å². The lowest BCUT2D eigenvalue weighted by molar-refractivity contribution is 0.0699. The number of ether oxygens (including phenoxy) is 1. The summed E-state index contributed by atoms with van der Waals surface area (Å²) in [5, 5.41) is 8.94. The molecule has 0 aliphatic rings. The Morgan fingerprint density at radius 1 is 1.60 bits per heavy atom. The second-order valence-corrected chi connectivity index (χ2v) is 3.12. The maximum atomic E-state index is 10.9. The van der Waals surface area contributed by atoms with Crippen molar-refractivity contribution in [2.75, 3.05) is 7.11 Å². The number of hydrogen-bond acceptors (Lipinski definition) is 3. The zero-order valence-electron chi connectivity index (χ0n) is 8.15. The van der Waals surface area contributed by atoms with Crippen LogP contribution in [0.3, 0.4) is 0 Å².